The maximum Gasteiger partial charge on any atom is 0.158 e. The van der Waals surface area contributed by atoms with Gasteiger partial charge in [-0.25, -0.2) is 0 Å². The fraction of sp³-hybridized carbons (Fsp3) is 0.400. The summed E-state index contributed by atoms with van der Waals surface area (Å²) in [5.74, 6) is 0.558. The van der Waals surface area contributed by atoms with E-state index < -0.39 is 0 Å². The van der Waals surface area contributed by atoms with Gasteiger partial charge < -0.3 is 0 Å². The summed E-state index contributed by atoms with van der Waals surface area (Å²) < 4.78 is 1.03. The van der Waals surface area contributed by atoms with E-state index in [4.69, 9.17) is 0 Å². The summed E-state index contributed by atoms with van der Waals surface area (Å²) in [5.41, 5.74) is 1.07. The molecule has 0 unspecified atom stereocenters. The summed E-state index contributed by atoms with van der Waals surface area (Å²) >= 11 is 3.48. The van der Waals surface area contributed by atoms with Gasteiger partial charge in [0.15, 0.2) is 5.78 Å². The molecular formula is C15H17BrO. The molecule has 0 bridgehead atoms. The lowest BCUT2D eigenvalue weighted by atomic mass is 9.86. The van der Waals surface area contributed by atoms with E-state index in [1.807, 2.05) is 30.3 Å². The molecule has 1 aromatic rings. The molecule has 0 atom stereocenters. The van der Waals surface area contributed by atoms with E-state index >= 15 is 0 Å². The van der Waals surface area contributed by atoms with Crippen LogP contribution in [0.25, 0.3) is 6.08 Å². The number of rotatable bonds is 3. The van der Waals surface area contributed by atoms with Gasteiger partial charge in [-0.15, -0.1) is 0 Å². The Kier molecular flexibility index (Phi) is 4.55. The molecule has 0 saturated heterocycles. The maximum atomic E-state index is 12.0. The first kappa shape index (κ1) is 12.6. The van der Waals surface area contributed by atoms with Crippen LogP contribution in [0.2, 0.25) is 0 Å². The molecule has 90 valence electrons. The summed E-state index contributed by atoms with van der Waals surface area (Å²) in [7, 11) is 0. The monoisotopic (exact) mass is 292 g/mol. The molecule has 0 aliphatic heterocycles. The SMILES string of the molecule is O=C(C=Cc1ccccc1Br)C1CCCCC1. The third kappa shape index (κ3) is 3.53. The summed E-state index contributed by atoms with van der Waals surface area (Å²) in [6, 6.07) is 7.96. The van der Waals surface area contributed by atoms with Crippen LogP contribution in [0.4, 0.5) is 0 Å². The van der Waals surface area contributed by atoms with Gasteiger partial charge in [-0.05, 0) is 30.5 Å². The predicted molar refractivity (Wildman–Crippen MR) is 74.8 cm³/mol. The van der Waals surface area contributed by atoms with Gasteiger partial charge in [-0.2, -0.15) is 0 Å². The molecule has 0 aromatic heterocycles. The third-order valence-corrected chi connectivity index (χ3v) is 4.06. The number of halogens is 1. The zero-order valence-corrected chi connectivity index (χ0v) is 11.4. The van der Waals surface area contributed by atoms with Crippen molar-refractivity contribution in [2.45, 2.75) is 32.1 Å². The molecule has 1 aromatic carbocycles. The minimum absolute atomic E-state index is 0.266. The van der Waals surface area contributed by atoms with Crippen LogP contribution in [0.5, 0.6) is 0 Å². The van der Waals surface area contributed by atoms with Gasteiger partial charge in [0.05, 0.1) is 0 Å². The number of allylic oxidation sites excluding steroid dienone is 1. The van der Waals surface area contributed by atoms with Crippen LogP contribution in [-0.2, 0) is 4.79 Å². The lowest BCUT2D eigenvalue weighted by Crippen LogP contribution is -2.15. The van der Waals surface area contributed by atoms with Crippen LogP contribution in [0.1, 0.15) is 37.7 Å². The Morgan fingerprint density at radius 3 is 2.59 bits per heavy atom. The van der Waals surface area contributed by atoms with Crippen molar-refractivity contribution < 1.29 is 4.79 Å². The first-order valence-electron chi connectivity index (χ1n) is 6.24. The molecule has 1 nitrogen and oxygen atoms in total. The topological polar surface area (TPSA) is 17.1 Å². The minimum Gasteiger partial charge on any atom is -0.295 e. The minimum atomic E-state index is 0.266. The van der Waals surface area contributed by atoms with Crippen molar-refractivity contribution in [1.82, 2.24) is 0 Å². The summed E-state index contributed by atoms with van der Waals surface area (Å²) in [6.45, 7) is 0. The second-order valence-electron chi connectivity index (χ2n) is 4.59. The van der Waals surface area contributed by atoms with E-state index in [0.717, 1.165) is 22.9 Å². The number of ketones is 1. The molecule has 0 N–H and O–H groups in total. The van der Waals surface area contributed by atoms with Crippen LogP contribution in [0.15, 0.2) is 34.8 Å². The average Bonchev–Trinajstić information content (AvgIpc) is 2.38. The van der Waals surface area contributed by atoms with Crippen molar-refractivity contribution in [3.05, 3.63) is 40.4 Å². The molecule has 1 aliphatic rings. The van der Waals surface area contributed by atoms with Gasteiger partial charge in [0.25, 0.3) is 0 Å². The number of hydrogen-bond acceptors (Lipinski definition) is 1. The largest absolute Gasteiger partial charge is 0.295 e. The van der Waals surface area contributed by atoms with Gasteiger partial charge >= 0.3 is 0 Å². The number of carbonyl (C=O) groups is 1. The van der Waals surface area contributed by atoms with E-state index in [9.17, 15) is 4.79 Å². The van der Waals surface area contributed by atoms with Crippen molar-refractivity contribution in [2.24, 2.45) is 5.92 Å². The summed E-state index contributed by atoms with van der Waals surface area (Å²) in [5, 5.41) is 0. The van der Waals surface area contributed by atoms with Crippen molar-refractivity contribution in [3.8, 4) is 0 Å². The molecule has 17 heavy (non-hydrogen) atoms. The van der Waals surface area contributed by atoms with Crippen molar-refractivity contribution >= 4 is 27.8 Å². The van der Waals surface area contributed by atoms with Crippen LogP contribution in [0.3, 0.4) is 0 Å². The molecule has 2 heteroatoms. The van der Waals surface area contributed by atoms with E-state index in [0.29, 0.717) is 5.78 Å². The Labute approximate surface area is 111 Å². The van der Waals surface area contributed by atoms with Crippen LogP contribution < -0.4 is 0 Å². The van der Waals surface area contributed by atoms with Gasteiger partial charge in [0.1, 0.15) is 0 Å². The molecule has 1 fully saturated rings. The number of carbonyl (C=O) groups excluding carboxylic acids is 1. The first-order valence-corrected chi connectivity index (χ1v) is 7.03. The highest BCUT2D eigenvalue weighted by molar-refractivity contribution is 9.10. The molecule has 0 radical (unpaired) electrons. The predicted octanol–water partition coefficient (Wildman–Crippen LogP) is 4.61. The van der Waals surface area contributed by atoms with Gasteiger partial charge in [-0.1, -0.05) is 59.5 Å². The molecule has 0 spiro atoms. The molecule has 1 saturated carbocycles. The smallest absolute Gasteiger partial charge is 0.158 e. The second-order valence-corrected chi connectivity index (χ2v) is 5.45. The average molecular weight is 293 g/mol. The molecule has 1 aliphatic carbocycles. The highest BCUT2D eigenvalue weighted by Gasteiger charge is 2.18. The van der Waals surface area contributed by atoms with E-state index in [1.54, 1.807) is 6.08 Å². The normalized spacial score (nSPS) is 17.5. The van der Waals surface area contributed by atoms with Crippen LogP contribution in [-0.4, -0.2) is 5.78 Å². The fourth-order valence-electron chi connectivity index (χ4n) is 2.31. The zero-order valence-electron chi connectivity index (χ0n) is 9.86. The highest BCUT2D eigenvalue weighted by Crippen LogP contribution is 2.25. The lowest BCUT2D eigenvalue weighted by Gasteiger charge is -2.18. The van der Waals surface area contributed by atoms with E-state index in [1.165, 1.54) is 19.3 Å². The zero-order chi connectivity index (χ0) is 12.1. The quantitative estimate of drug-likeness (QED) is 0.744. The highest BCUT2D eigenvalue weighted by atomic mass is 79.9. The van der Waals surface area contributed by atoms with E-state index in [2.05, 4.69) is 15.9 Å². The first-order chi connectivity index (χ1) is 8.27. The number of benzene rings is 1. The summed E-state index contributed by atoms with van der Waals surface area (Å²) in [6.07, 6.45) is 9.51. The van der Waals surface area contributed by atoms with Crippen LogP contribution in [0, 0.1) is 5.92 Å². The lowest BCUT2D eigenvalue weighted by molar-refractivity contribution is -0.119. The maximum absolute atomic E-state index is 12.0. The second kappa shape index (κ2) is 6.15. The number of hydrogen-bond donors (Lipinski definition) is 0. The van der Waals surface area contributed by atoms with Gasteiger partial charge in [0, 0.05) is 10.4 Å². The van der Waals surface area contributed by atoms with Crippen molar-refractivity contribution in [1.29, 1.82) is 0 Å². The molecule has 2 rings (SSSR count). The fourth-order valence-corrected chi connectivity index (χ4v) is 2.72. The Balaban J connectivity index is 2.00. The Morgan fingerprint density at radius 1 is 1.18 bits per heavy atom. The Hall–Kier alpha value is -0.890. The van der Waals surface area contributed by atoms with E-state index in [-0.39, 0.29) is 5.92 Å². The van der Waals surface area contributed by atoms with Crippen molar-refractivity contribution in [3.63, 3.8) is 0 Å². The van der Waals surface area contributed by atoms with Gasteiger partial charge in [-0.3, -0.25) is 4.79 Å². The molecule has 0 amide bonds. The standard InChI is InChI=1S/C15H17BrO/c16-14-9-5-4-6-12(14)10-11-15(17)13-7-2-1-3-8-13/h4-6,9-11,13H,1-3,7-8H2. The Bertz CT molecular complexity index is 417. The van der Waals surface area contributed by atoms with Crippen molar-refractivity contribution in [2.75, 3.05) is 0 Å². The third-order valence-electron chi connectivity index (χ3n) is 3.34. The van der Waals surface area contributed by atoms with Gasteiger partial charge in [0.2, 0.25) is 0 Å². The molecule has 0 heterocycles. The summed E-state index contributed by atoms with van der Waals surface area (Å²) in [4.78, 5) is 12.0. The molecular weight excluding hydrogens is 276 g/mol. The van der Waals surface area contributed by atoms with Crippen LogP contribution >= 0.6 is 15.9 Å². The Morgan fingerprint density at radius 2 is 1.88 bits per heavy atom.